The Morgan fingerprint density at radius 1 is 1.38 bits per heavy atom. The van der Waals surface area contributed by atoms with Gasteiger partial charge in [0.15, 0.2) is 5.65 Å². The third-order valence-corrected chi connectivity index (χ3v) is 4.53. The quantitative estimate of drug-likeness (QED) is 0.616. The zero-order chi connectivity index (χ0) is 16.5. The predicted octanol–water partition coefficient (Wildman–Crippen LogP) is 1.42. The molecule has 0 fully saturated rings. The van der Waals surface area contributed by atoms with Crippen LogP contribution in [0.5, 0.6) is 0 Å². The van der Waals surface area contributed by atoms with Crippen LogP contribution >= 0.6 is 0 Å². The van der Waals surface area contributed by atoms with Gasteiger partial charge in [0, 0.05) is 6.54 Å². The number of aromatic nitrogens is 4. The SMILES string of the molecule is NCCCNc1ncc2[nH]c(=O)n([C@@H]3CCc4ccccc43)c2n1. The van der Waals surface area contributed by atoms with E-state index in [1.807, 2.05) is 12.1 Å². The van der Waals surface area contributed by atoms with Crippen LogP contribution in [0.3, 0.4) is 0 Å². The Balaban J connectivity index is 1.76. The molecule has 2 aromatic heterocycles. The van der Waals surface area contributed by atoms with Gasteiger partial charge < -0.3 is 16.0 Å². The lowest BCUT2D eigenvalue weighted by Crippen LogP contribution is -2.22. The summed E-state index contributed by atoms with van der Waals surface area (Å²) >= 11 is 0. The van der Waals surface area contributed by atoms with Crippen molar-refractivity contribution in [3.63, 3.8) is 0 Å². The van der Waals surface area contributed by atoms with Crippen LogP contribution in [-0.2, 0) is 6.42 Å². The van der Waals surface area contributed by atoms with Crippen LogP contribution in [0.4, 0.5) is 5.95 Å². The monoisotopic (exact) mass is 324 g/mol. The van der Waals surface area contributed by atoms with E-state index in [1.165, 1.54) is 11.1 Å². The normalized spacial score (nSPS) is 16.5. The average molecular weight is 324 g/mol. The molecule has 0 saturated heterocycles. The first kappa shape index (κ1) is 14.9. The highest BCUT2D eigenvalue weighted by Crippen LogP contribution is 2.34. The van der Waals surface area contributed by atoms with Crippen molar-refractivity contribution in [2.45, 2.75) is 25.3 Å². The molecule has 4 N–H and O–H groups in total. The molecule has 1 aromatic carbocycles. The standard InChI is InChI=1S/C17H20N6O/c18-8-3-9-19-16-20-10-13-15(22-16)23(17(24)21-13)14-7-6-11-4-1-2-5-12(11)14/h1-2,4-5,10,14H,3,6-9,18H2,(H,21,24)(H,19,20,22)/t14-/m1/s1. The molecule has 0 radical (unpaired) electrons. The van der Waals surface area contributed by atoms with Crippen LogP contribution in [-0.4, -0.2) is 32.6 Å². The molecule has 7 nitrogen and oxygen atoms in total. The van der Waals surface area contributed by atoms with E-state index in [4.69, 9.17) is 5.73 Å². The van der Waals surface area contributed by atoms with Gasteiger partial charge in [-0.25, -0.2) is 9.78 Å². The Morgan fingerprint density at radius 3 is 3.12 bits per heavy atom. The second kappa shape index (κ2) is 6.09. The Bertz CT molecular complexity index is 928. The molecule has 0 bridgehead atoms. The lowest BCUT2D eigenvalue weighted by atomic mass is 10.1. The van der Waals surface area contributed by atoms with Gasteiger partial charge in [-0.1, -0.05) is 24.3 Å². The summed E-state index contributed by atoms with van der Waals surface area (Å²) in [7, 11) is 0. The van der Waals surface area contributed by atoms with Crippen molar-refractivity contribution >= 4 is 17.1 Å². The molecule has 124 valence electrons. The van der Waals surface area contributed by atoms with Gasteiger partial charge >= 0.3 is 5.69 Å². The number of nitrogens with one attached hydrogen (secondary N) is 2. The molecule has 1 aliphatic rings. The molecule has 0 saturated carbocycles. The number of nitrogens with two attached hydrogens (primary N) is 1. The number of imidazole rings is 1. The van der Waals surface area contributed by atoms with Gasteiger partial charge in [0.2, 0.25) is 5.95 Å². The fourth-order valence-corrected chi connectivity index (χ4v) is 3.40. The van der Waals surface area contributed by atoms with Crippen molar-refractivity contribution in [1.29, 1.82) is 0 Å². The Morgan fingerprint density at radius 2 is 2.25 bits per heavy atom. The Kier molecular flexibility index (Phi) is 3.78. The Hall–Kier alpha value is -2.67. The van der Waals surface area contributed by atoms with Crippen molar-refractivity contribution in [3.8, 4) is 0 Å². The number of hydrogen-bond donors (Lipinski definition) is 3. The third-order valence-electron chi connectivity index (χ3n) is 4.53. The first-order chi connectivity index (χ1) is 11.8. The van der Waals surface area contributed by atoms with Gasteiger partial charge in [0.25, 0.3) is 0 Å². The number of rotatable bonds is 5. The summed E-state index contributed by atoms with van der Waals surface area (Å²) in [4.78, 5) is 24.2. The molecule has 1 aliphatic carbocycles. The van der Waals surface area contributed by atoms with E-state index in [0.29, 0.717) is 30.2 Å². The number of benzene rings is 1. The molecule has 0 unspecified atom stereocenters. The molecular weight excluding hydrogens is 304 g/mol. The van der Waals surface area contributed by atoms with Gasteiger partial charge in [-0.2, -0.15) is 4.98 Å². The number of aryl methyl sites for hydroxylation is 1. The zero-order valence-electron chi connectivity index (χ0n) is 13.3. The highest BCUT2D eigenvalue weighted by molar-refractivity contribution is 5.71. The molecule has 7 heteroatoms. The summed E-state index contributed by atoms with van der Waals surface area (Å²) in [5.74, 6) is 0.523. The molecule has 24 heavy (non-hydrogen) atoms. The number of aromatic amines is 1. The maximum absolute atomic E-state index is 12.5. The van der Waals surface area contributed by atoms with E-state index in [2.05, 4.69) is 32.4 Å². The van der Waals surface area contributed by atoms with Gasteiger partial charge in [0.05, 0.1) is 12.2 Å². The van der Waals surface area contributed by atoms with E-state index in [9.17, 15) is 4.79 Å². The largest absolute Gasteiger partial charge is 0.354 e. The molecule has 0 amide bonds. The van der Waals surface area contributed by atoms with Crippen molar-refractivity contribution in [2.24, 2.45) is 5.73 Å². The summed E-state index contributed by atoms with van der Waals surface area (Å²) < 4.78 is 1.76. The minimum atomic E-state index is -0.139. The molecule has 3 aromatic rings. The van der Waals surface area contributed by atoms with Crippen LogP contribution in [0, 0.1) is 0 Å². The molecule has 0 spiro atoms. The van der Waals surface area contributed by atoms with Crippen LogP contribution in [0.15, 0.2) is 35.3 Å². The second-order valence-corrected chi connectivity index (χ2v) is 6.05. The summed E-state index contributed by atoms with van der Waals surface area (Å²) in [6.45, 7) is 1.33. The van der Waals surface area contributed by atoms with Crippen LogP contribution in [0.1, 0.15) is 30.0 Å². The van der Waals surface area contributed by atoms with Crippen LogP contribution < -0.4 is 16.7 Å². The number of hydrogen-bond acceptors (Lipinski definition) is 5. The van der Waals surface area contributed by atoms with Crippen molar-refractivity contribution < 1.29 is 0 Å². The van der Waals surface area contributed by atoms with Crippen molar-refractivity contribution in [3.05, 3.63) is 52.1 Å². The molecule has 0 aliphatic heterocycles. The zero-order valence-corrected chi connectivity index (χ0v) is 13.3. The number of nitrogens with zero attached hydrogens (tertiary/aromatic N) is 3. The minimum Gasteiger partial charge on any atom is -0.354 e. The topological polar surface area (TPSA) is 102 Å². The van der Waals surface area contributed by atoms with E-state index >= 15 is 0 Å². The van der Waals surface area contributed by atoms with Gasteiger partial charge in [-0.15, -0.1) is 0 Å². The molecule has 1 atom stereocenters. The highest BCUT2D eigenvalue weighted by Gasteiger charge is 2.27. The van der Waals surface area contributed by atoms with E-state index in [1.54, 1.807) is 10.8 Å². The van der Waals surface area contributed by atoms with Crippen molar-refractivity contribution in [2.75, 3.05) is 18.4 Å². The smallest absolute Gasteiger partial charge is 0.328 e. The minimum absolute atomic E-state index is 0.0224. The molecule has 4 rings (SSSR count). The highest BCUT2D eigenvalue weighted by atomic mass is 16.1. The number of anilines is 1. The third kappa shape index (κ3) is 2.46. The lowest BCUT2D eigenvalue weighted by molar-refractivity contribution is 0.574. The maximum atomic E-state index is 12.5. The number of fused-ring (bicyclic) bond motifs is 2. The number of H-pyrrole nitrogens is 1. The summed E-state index contributed by atoms with van der Waals surface area (Å²) in [6, 6.07) is 8.31. The maximum Gasteiger partial charge on any atom is 0.328 e. The van der Waals surface area contributed by atoms with Gasteiger partial charge in [-0.05, 0) is 36.9 Å². The van der Waals surface area contributed by atoms with Crippen LogP contribution in [0.2, 0.25) is 0 Å². The van der Waals surface area contributed by atoms with E-state index in [-0.39, 0.29) is 11.7 Å². The predicted molar refractivity (Wildman–Crippen MR) is 93.2 cm³/mol. The summed E-state index contributed by atoms with van der Waals surface area (Å²) in [5, 5.41) is 3.15. The first-order valence-corrected chi connectivity index (χ1v) is 8.27. The Labute approximate surface area is 138 Å². The fraction of sp³-hybridized carbons (Fsp3) is 0.353. The van der Waals surface area contributed by atoms with Gasteiger partial charge in [-0.3, -0.25) is 4.57 Å². The van der Waals surface area contributed by atoms with E-state index < -0.39 is 0 Å². The average Bonchev–Trinajstić information content (AvgIpc) is 3.15. The molecular formula is C17H20N6O. The first-order valence-electron chi connectivity index (χ1n) is 8.27. The fourth-order valence-electron chi connectivity index (χ4n) is 3.40. The lowest BCUT2D eigenvalue weighted by Gasteiger charge is -2.13. The summed E-state index contributed by atoms with van der Waals surface area (Å²) in [5.41, 5.74) is 9.18. The van der Waals surface area contributed by atoms with E-state index in [0.717, 1.165) is 19.3 Å². The van der Waals surface area contributed by atoms with Crippen LogP contribution in [0.25, 0.3) is 11.2 Å². The van der Waals surface area contributed by atoms with Crippen molar-refractivity contribution in [1.82, 2.24) is 19.5 Å². The summed E-state index contributed by atoms with van der Waals surface area (Å²) in [6.07, 6.45) is 4.39. The van der Waals surface area contributed by atoms with Gasteiger partial charge in [0.1, 0.15) is 5.52 Å². The second-order valence-electron chi connectivity index (χ2n) is 6.05. The molecule has 2 heterocycles.